The molecule has 4 atom stereocenters. The number of aliphatic hydroxyl groups excluding tert-OH is 1. The summed E-state index contributed by atoms with van der Waals surface area (Å²) in [5.41, 5.74) is 0.822. The number of carbonyl (C=O) groups excluding carboxylic acids is 2. The monoisotopic (exact) mass is 264 g/mol. The van der Waals surface area contributed by atoms with Crippen LogP contribution >= 0.6 is 0 Å². The normalized spacial score (nSPS) is 34.6. The summed E-state index contributed by atoms with van der Waals surface area (Å²) in [4.78, 5) is 22.7. The van der Waals surface area contributed by atoms with Gasteiger partial charge in [0, 0.05) is 5.56 Å². The van der Waals surface area contributed by atoms with Crippen LogP contribution in [0.2, 0.25) is 0 Å². The number of ether oxygens (including phenoxy) is 3. The van der Waals surface area contributed by atoms with Gasteiger partial charge in [-0.1, -0.05) is 30.3 Å². The summed E-state index contributed by atoms with van der Waals surface area (Å²) in [5, 5.41) is 9.26. The van der Waals surface area contributed by atoms with Gasteiger partial charge in [-0.25, -0.2) is 4.79 Å². The van der Waals surface area contributed by atoms with Gasteiger partial charge in [-0.05, 0) is 0 Å². The molecule has 2 fully saturated rings. The molecule has 1 aromatic carbocycles. The van der Waals surface area contributed by atoms with Gasteiger partial charge in [-0.2, -0.15) is 0 Å². The largest absolute Gasteiger partial charge is 0.449 e. The number of rotatable bonds is 2. The smallest absolute Gasteiger partial charge is 0.343 e. The summed E-state index contributed by atoms with van der Waals surface area (Å²) in [6.07, 6.45) is -4.06. The van der Waals surface area contributed by atoms with Crippen molar-refractivity contribution in [3.63, 3.8) is 0 Å². The molecule has 1 aromatic rings. The fourth-order valence-corrected chi connectivity index (χ4v) is 2.14. The van der Waals surface area contributed by atoms with Crippen LogP contribution in [0.4, 0.5) is 0 Å². The number of aliphatic hydroxyl groups is 1. The number of Topliss-reactive ketones (excluding diaryl/α,β-unsaturated/α-hetero) is 1. The Bertz CT molecular complexity index is 499. The molecule has 4 unspecified atom stereocenters. The standard InChI is InChI=1S/C13H12O6/c14-9-10(15)12(16)19-11(9)8-6-17-13(18-8)7-4-2-1-3-5-7/h1-5,8,10-11,13,15H,6H2. The predicted octanol–water partition coefficient (Wildman–Crippen LogP) is -0.0440. The quantitative estimate of drug-likeness (QED) is 0.596. The van der Waals surface area contributed by atoms with Crippen LogP contribution in [-0.4, -0.2) is 41.8 Å². The number of hydrogen-bond donors (Lipinski definition) is 1. The van der Waals surface area contributed by atoms with Crippen LogP contribution < -0.4 is 0 Å². The minimum Gasteiger partial charge on any atom is -0.449 e. The topological polar surface area (TPSA) is 82.1 Å². The van der Waals surface area contributed by atoms with Crippen LogP contribution in [0.5, 0.6) is 0 Å². The van der Waals surface area contributed by atoms with E-state index in [1.165, 1.54) is 0 Å². The average molecular weight is 264 g/mol. The lowest BCUT2D eigenvalue weighted by molar-refractivity contribution is -0.152. The molecule has 0 radical (unpaired) electrons. The first-order valence-electron chi connectivity index (χ1n) is 5.91. The first-order chi connectivity index (χ1) is 9.16. The highest BCUT2D eigenvalue weighted by atomic mass is 16.7. The molecular formula is C13H12O6. The Morgan fingerprint density at radius 2 is 1.89 bits per heavy atom. The summed E-state index contributed by atoms with van der Waals surface area (Å²) in [5.74, 6) is -1.60. The number of cyclic esters (lactones) is 1. The Labute approximate surface area is 108 Å². The molecular weight excluding hydrogens is 252 g/mol. The molecule has 2 saturated heterocycles. The van der Waals surface area contributed by atoms with E-state index in [1.54, 1.807) is 0 Å². The molecule has 0 saturated carbocycles. The highest BCUT2D eigenvalue weighted by Gasteiger charge is 2.49. The fraction of sp³-hybridized carbons (Fsp3) is 0.385. The molecule has 1 N–H and O–H groups in total. The van der Waals surface area contributed by atoms with Gasteiger partial charge in [0.1, 0.15) is 6.10 Å². The van der Waals surface area contributed by atoms with Gasteiger partial charge in [0.2, 0.25) is 11.9 Å². The van der Waals surface area contributed by atoms with E-state index in [2.05, 4.69) is 0 Å². The van der Waals surface area contributed by atoms with E-state index in [-0.39, 0.29) is 6.61 Å². The maximum atomic E-state index is 11.6. The first-order valence-corrected chi connectivity index (χ1v) is 5.91. The molecule has 0 amide bonds. The SMILES string of the molecule is O=C1OC(C2COC(c3ccccc3)O2)C(=O)C1O. The van der Waals surface area contributed by atoms with Crippen molar-refractivity contribution in [2.45, 2.75) is 24.6 Å². The number of benzene rings is 1. The lowest BCUT2D eigenvalue weighted by Gasteiger charge is -2.15. The van der Waals surface area contributed by atoms with Gasteiger partial charge in [0.25, 0.3) is 0 Å². The Morgan fingerprint density at radius 3 is 2.53 bits per heavy atom. The van der Waals surface area contributed by atoms with E-state index >= 15 is 0 Å². The average Bonchev–Trinajstić information content (AvgIpc) is 3.01. The third-order valence-electron chi connectivity index (χ3n) is 3.14. The maximum absolute atomic E-state index is 11.6. The van der Waals surface area contributed by atoms with Gasteiger partial charge in [-0.15, -0.1) is 0 Å². The third-order valence-corrected chi connectivity index (χ3v) is 3.14. The minimum absolute atomic E-state index is 0.135. The van der Waals surface area contributed by atoms with E-state index in [0.717, 1.165) is 5.56 Å². The zero-order chi connectivity index (χ0) is 13.4. The van der Waals surface area contributed by atoms with Crippen molar-refractivity contribution < 1.29 is 28.9 Å². The van der Waals surface area contributed by atoms with E-state index in [9.17, 15) is 14.7 Å². The lowest BCUT2D eigenvalue weighted by Crippen LogP contribution is -2.36. The molecule has 2 heterocycles. The molecule has 0 aliphatic carbocycles. The lowest BCUT2D eigenvalue weighted by atomic mass is 10.1. The molecule has 6 nitrogen and oxygen atoms in total. The molecule has 0 aromatic heterocycles. The maximum Gasteiger partial charge on any atom is 0.343 e. The third kappa shape index (κ3) is 2.14. The molecule has 19 heavy (non-hydrogen) atoms. The fourth-order valence-electron chi connectivity index (χ4n) is 2.14. The van der Waals surface area contributed by atoms with Crippen LogP contribution in [0, 0.1) is 0 Å². The number of hydrogen-bond acceptors (Lipinski definition) is 6. The van der Waals surface area contributed by atoms with E-state index in [0.29, 0.717) is 0 Å². The zero-order valence-corrected chi connectivity index (χ0v) is 9.89. The summed E-state index contributed by atoms with van der Waals surface area (Å²) in [7, 11) is 0. The van der Waals surface area contributed by atoms with Crippen LogP contribution in [0.1, 0.15) is 11.9 Å². The van der Waals surface area contributed by atoms with Crippen molar-refractivity contribution in [2.75, 3.05) is 6.61 Å². The first kappa shape index (κ1) is 12.3. The van der Waals surface area contributed by atoms with E-state index < -0.39 is 36.4 Å². The summed E-state index contributed by atoms with van der Waals surface area (Å²) in [6.45, 7) is 0.135. The van der Waals surface area contributed by atoms with Crippen LogP contribution in [-0.2, 0) is 23.8 Å². The Kier molecular flexibility index (Phi) is 3.06. The second-order valence-electron chi connectivity index (χ2n) is 4.41. The number of carbonyl (C=O) groups is 2. The van der Waals surface area contributed by atoms with Crippen LogP contribution in [0.25, 0.3) is 0 Å². The van der Waals surface area contributed by atoms with Crippen molar-refractivity contribution in [1.29, 1.82) is 0 Å². The molecule has 6 heteroatoms. The van der Waals surface area contributed by atoms with Crippen molar-refractivity contribution in [3.8, 4) is 0 Å². The van der Waals surface area contributed by atoms with Crippen LogP contribution in [0.3, 0.4) is 0 Å². The van der Waals surface area contributed by atoms with Crippen molar-refractivity contribution in [2.24, 2.45) is 0 Å². The second-order valence-corrected chi connectivity index (χ2v) is 4.41. The summed E-state index contributed by atoms with van der Waals surface area (Å²) < 4.78 is 15.8. The summed E-state index contributed by atoms with van der Waals surface area (Å²) in [6, 6.07) is 9.24. The van der Waals surface area contributed by atoms with Crippen LogP contribution in [0.15, 0.2) is 30.3 Å². The molecule has 2 aliphatic heterocycles. The zero-order valence-electron chi connectivity index (χ0n) is 9.89. The van der Waals surface area contributed by atoms with Gasteiger partial charge in [0.15, 0.2) is 12.4 Å². The van der Waals surface area contributed by atoms with Crippen molar-refractivity contribution in [1.82, 2.24) is 0 Å². The molecule has 0 bridgehead atoms. The van der Waals surface area contributed by atoms with E-state index in [4.69, 9.17) is 14.2 Å². The summed E-state index contributed by atoms with van der Waals surface area (Å²) >= 11 is 0. The Hall–Kier alpha value is -1.76. The highest BCUT2D eigenvalue weighted by Crippen LogP contribution is 2.30. The molecule has 3 rings (SSSR count). The number of ketones is 1. The molecule has 0 spiro atoms. The van der Waals surface area contributed by atoms with Gasteiger partial charge in [-0.3, -0.25) is 4.79 Å². The Morgan fingerprint density at radius 1 is 1.16 bits per heavy atom. The Balaban J connectivity index is 1.70. The molecule has 2 aliphatic rings. The predicted molar refractivity (Wildman–Crippen MR) is 60.9 cm³/mol. The van der Waals surface area contributed by atoms with Gasteiger partial charge < -0.3 is 19.3 Å². The van der Waals surface area contributed by atoms with Gasteiger partial charge >= 0.3 is 5.97 Å². The second kappa shape index (κ2) is 4.73. The van der Waals surface area contributed by atoms with Crippen molar-refractivity contribution in [3.05, 3.63) is 35.9 Å². The highest BCUT2D eigenvalue weighted by molar-refractivity contribution is 6.09. The van der Waals surface area contributed by atoms with E-state index in [1.807, 2.05) is 30.3 Å². The molecule has 100 valence electrons. The van der Waals surface area contributed by atoms with Crippen molar-refractivity contribution >= 4 is 11.8 Å². The van der Waals surface area contributed by atoms with Gasteiger partial charge in [0.05, 0.1) is 6.61 Å². The minimum atomic E-state index is -1.70. The number of esters is 1.